The predicted molar refractivity (Wildman–Crippen MR) is 128 cm³/mol. The van der Waals surface area contributed by atoms with E-state index in [1.54, 1.807) is 6.07 Å². The Morgan fingerprint density at radius 3 is 2.65 bits per heavy atom. The number of rotatable bonds is 12. The molecular weight excluding hydrogens is 460 g/mol. The number of nitrogens with zero attached hydrogens (tertiary/aromatic N) is 1. The van der Waals surface area contributed by atoms with Gasteiger partial charge in [-0.05, 0) is 62.1 Å². The maximum Gasteiger partial charge on any atom is 0.348 e. The van der Waals surface area contributed by atoms with E-state index < -0.39 is 36.4 Å². The lowest BCUT2D eigenvalue weighted by atomic mass is 9.92. The summed E-state index contributed by atoms with van der Waals surface area (Å²) in [6, 6.07) is 13.0. The molecule has 1 aromatic heterocycles. The van der Waals surface area contributed by atoms with Crippen LogP contribution in [0.5, 0.6) is 0 Å². The van der Waals surface area contributed by atoms with Crippen LogP contribution in [0.3, 0.4) is 0 Å². The maximum absolute atomic E-state index is 14.2. The molecule has 1 N–H and O–H groups in total. The highest BCUT2D eigenvalue weighted by atomic mass is 32.1. The second kappa shape index (κ2) is 11.9. The normalized spacial score (nSPS) is 19.3. The average molecular weight is 494 g/mol. The summed E-state index contributed by atoms with van der Waals surface area (Å²) in [4.78, 5) is 26.6. The van der Waals surface area contributed by atoms with Crippen LogP contribution in [0.25, 0.3) is 0 Å². The maximum atomic E-state index is 14.2. The Balaban J connectivity index is 1.49. The Hall–Kier alpha value is -2.32. The fourth-order valence-corrected chi connectivity index (χ4v) is 5.40. The number of aliphatic hydroxyl groups excluding tert-OH is 1. The van der Waals surface area contributed by atoms with Crippen LogP contribution < -0.4 is 0 Å². The van der Waals surface area contributed by atoms with Crippen molar-refractivity contribution >= 4 is 23.2 Å². The minimum Gasteiger partial charge on any atom is -0.465 e. The summed E-state index contributed by atoms with van der Waals surface area (Å²) in [6.45, 7) is 2.20. The molecule has 2 aromatic rings. The van der Waals surface area contributed by atoms with Crippen molar-refractivity contribution in [3.05, 3.63) is 57.8 Å². The van der Waals surface area contributed by atoms with Gasteiger partial charge in [0.15, 0.2) is 0 Å². The number of alkyl halides is 2. The zero-order valence-corrected chi connectivity index (χ0v) is 20.5. The van der Waals surface area contributed by atoms with Crippen molar-refractivity contribution in [1.29, 1.82) is 0 Å². The monoisotopic (exact) mass is 493 g/mol. The molecule has 0 unspecified atom stereocenters. The molecule has 0 radical (unpaired) electrons. The molecule has 0 aliphatic carbocycles. The summed E-state index contributed by atoms with van der Waals surface area (Å²) in [5.41, 5.74) is 1.21. The highest BCUT2D eigenvalue weighted by molar-refractivity contribution is 7.13. The Morgan fingerprint density at radius 2 is 1.94 bits per heavy atom. The van der Waals surface area contributed by atoms with Gasteiger partial charge in [0.2, 0.25) is 0 Å². The van der Waals surface area contributed by atoms with E-state index in [1.165, 1.54) is 28.9 Å². The third kappa shape index (κ3) is 6.85. The molecule has 1 amide bonds. The van der Waals surface area contributed by atoms with Gasteiger partial charge in [0.05, 0.1) is 13.2 Å². The van der Waals surface area contributed by atoms with Crippen LogP contribution in [0.2, 0.25) is 0 Å². The van der Waals surface area contributed by atoms with Gasteiger partial charge in [0.25, 0.3) is 5.91 Å². The van der Waals surface area contributed by atoms with Gasteiger partial charge in [-0.15, -0.1) is 11.3 Å². The molecule has 1 aromatic carbocycles. The lowest BCUT2D eigenvalue weighted by Crippen LogP contribution is -2.37. The van der Waals surface area contributed by atoms with Crippen LogP contribution in [-0.2, 0) is 22.4 Å². The SMILES string of the molecule is COC(=O)c1ccc(CCCN2C(=O)C(F)(F)C[C@@H]2CC[C@H](O)[C@@H](C)CCc2ccccc2)s1. The van der Waals surface area contributed by atoms with Crippen LogP contribution in [0.1, 0.15) is 59.1 Å². The highest BCUT2D eigenvalue weighted by Gasteiger charge is 2.52. The molecule has 34 heavy (non-hydrogen) atoms. The molecule has 2 heterocycles. The van der Waals surface area contributed by atoms with Gasteiger partial charge in [-0.25, -0.2) is 4.79 Å². The number of esters is 1. The van der Waals surface area contributed by atoms with Crippen molar-refractivity contribution in [2.75, 3.05) is 13.7 Å². The zero-order chi connectivity index (χ0) is 24.7. The first-order chi connectivity index (χ1) is 16.2. The molecular formula is C26H33F2NO4S. The number of aryl methyl sites for hydroxylation is 2. The van der Waals surface area contributed by atoms with E-state index in [4.69, 9.17) is 4.74 Å². The number of aliphatic hydroxyl groups is 1. The Bertz CT molecular complexity index is 949. The van der Waals surface area contributed by atoms with E-state index in [-0.39, 0.29) is 12.5 Å². The van der Waals surface area contributed by atoms with Gasteiger partial charge in [-0.1, -0.05) is 37.3 Å². The fourth-order valence-electron chi connectivity index (χ4n) is 4.44. The second-order valence-corrected chi connectivity index (χ2v) is 10.2. The van der Waals surface area contributed by atoms with Crippen molar-refractivity contribution in [2.24, 2.45) is 5.92 Å². The molecule has 1 saturated heterocycles. The van der Waals surface area contributed by atoms with Crippen LogP contribution in [0.15, 0.2) is 42.5 Å². The largest absolute Gasteiger partial charge is 0.465 e. The summed E-state index contributed by atoms with van der Waals surface area (Å²) in [6.07, 6.45) is 2.41. The van der Waals surface area contributed by atoms with Crippen molar-refractivity contribution in [2.45, 2.75) is 69.9 Å². The summed E-state index contributed by atoms with van der Waals surface area (Å²) < 4.78 is 33.1. The summed E-state index contributed by atoms with van der Waals surface area (Å²) >= 11 is 1.31. The number of methoxy groups -OCH3 is 1. The Kier molecular flexibility index (Phi) is 9.19. The fraction of sp³-hybridized carbons (Fsp3) is 0.538. The third-order valence-electron chi connectivity index (χ3n) is 6.56. The number of benzene rings is 1. The third-order valence-corrected chi connectivity index (χ3v) is 7.69. The molecule has 0 spiro atoms. The number of thiophene rings is 1. The molecule has 186 valence electrons. The average Bonchev–Trinajstić information content (AvgIpc) is 3.39. The van der Waals surface area contributed by atoms with Crippen LogP contribution >= 0.6 is 11.3 Å². The molecule has 1 fully saturated rings. The molecule has 1 aliphatic rings. The standard InChI is InChI=1S/C26H33F2NO4S/c1-18(10-11-19-7-4-3-5-8-19)22(30)14-12-20-17-26(27,28)25(32)29(20)16-6-9-21-13-15-23(34-21)24(31)33-2/h3-5,7-8,13,15,18,20,22,30H,6,9-12,14,16-17H2,1-2H3/t18-,20-,22-/m0/s1. The summed E-state index contributed by atoms with van der Waals surface area (Å²) in [7, 11) is 1.32. The van der Waals surface area contributed by atoms with Gasteiger partial charge < -0.3 is 14.7 Å². The van der Waals surface area contributed by atoms with E-state index in [2.05, 4.69) is 12.1 Å². The van der Waals surface area contributed by atoms with E-state index in [1.807, 2.05) is 31.2 Å². The molecule has 0 saturated carbocycles. The van der Waals surface area contributed by atoms with Crippen LogP contribution in [0, 0.1) is 5.92 Å². The smallest absolute Gasteiger partial charge is 0.348 e. The summed E-state index contributed by atoms with van der Waals surface area (Å²) in [5.74, 6) is -4.84. The Morgan fingerprint density at radius 1 is 1.21 bits per heavy atom. The van der Waals surface area contributed by atoms with Gasteiger partial charge in [-0.2, -0.15) is 8.78 Å². The van der Waals surface area contributed by atoms with E-state index in [0.717, 1.165) is 17.7 Å². The minimum absolute atomic E-state index is 0.0362. The van der Waals surface area contributed by atoms with Gasteiger partial charge in [0.1, 0.15) is 4.88 Å². The van der Waals surface area contributed by atoms with Gasteiger partial charge in [0, 0.05) is 23.9 Å². The predicted octanol–water partition coefficient (Wildman–Crippen LogP) is 5.11. The molecule has 3 rings (SSSR count). The number of ether oxygens (including phenoxy) is 1. The molecule has 1 aliphatic heterocycles. The first-order valence-electron chi connectivity index (χ1n) is 11.8. The van der Waals surface area contributed by atoms with Gasteiger partial charge >= 0.3 is 11.9 Å². The zero-order valence-electron chi connectivity index (χ0n) is 19.7. The number of hydrogen-bond acceptors (Lipinski definition) is 5. The molecule has 5 nitrogen and oxygen atoms in total. The first-order valence-corrected chi connectivity index (χ1v) is 12.6. The highest BCUT2D eigenvalue weighted by Crippen LogP contribution is 2.36. The summed E-state index contributed by atoms with van der Waals surface area (Å²) in [5, 5.41) is 10.6. The van der Waals surface area contributed by atoms with E-state index in [9.17, 15) is 23.5 Å². The lowest BCUT2D eigenvalue weighted by molar-refractivity contribution is -0.148. The first kappa shape index (κ1) is 26.3. The molecule has 3 atom stereocenters. The lowest BCUT2D eigenvalue weighted by Gasteiger charge is -2.26. The van der Waals surface area contributed by atoms with Crippen LogP contribution in [-0.4, -0.2) is 53.6 Å². The topological polar surface area (TPSA) is 66.8 Å². The number of amides is 1. The quantitative estimate of drug-likeness (QED) is 0.417. The van der Waals surface area contributed by atoms with Crippen molar-refractivity contribution in [3.63, 3.8) is 0 Å². The number of halogens is 2. The van der Waals surface area contributed by atoms with E-state index in [0.29, 0.717) is 30.6 Å². The number of likely N-dealkylation sites (tertiary alicyclic amines) is 1. The minimum atomic E-state index is -3.35. The van der Waals surface area contributed by atoms with Crippen LogP contribution in [0.4, 0.5) is 8.78 Å². The van der Waals surface area contributed by atoms with Crippen molar-refractivity contribution < 1.29 is 28.2 Å². The Labute approximate surface area is 203 Å². The van der Waals surface area contributed by atoms with Crippen molar-refractivity contribution in [1.82, 2.24) is 4.90 Å². The second-order valence-electron chi connectivity index (χ2n) is 9.07. The van der Waals surface area contributed by atoms with Gasteiger partial charge in [-0.3, -0.25) is 4.79 Å². The number of hydrogen-bond donors (Lipinski definition) is 1. The number of carbonyl (C=O) groups is 2. The molecule has 8 heteroatoms. The molecule has 0 bridgehead atoms. The van der Waals surface area contributed by atoms with Crippen molar-refractivity contribution in [3.8, 4) is 0 Å². The number of carbonyl (C=O) groups excluding carboxylic acids is 2. The van der Waals surface area contributed by atoms with E-state index >= 15 is 0 Å².